The van der Waals surface area contributed by atoms with Crippen molar-refractivity contribution in [3.05, 3.63) is 34.7 Å². The summed E-state index contributed by atoms with van der Waals surface area (Å²) in [5.41, 5.74) is 2.82. The monoisotopic (exact) mass is 482 g/mol. The van der Waals surface area contributed by atoms with E-state index in [4.69, 9.17) is 9.72 Å². The van der Waals surface area contributed by atoms with Gasteiger partial charge in [0, 0.05) is 37.1 Å². The molecular formula is C20H27BrN4O3S. The highest BCUT2D eigenvalue weighted by molar-refractivity contribution is 9.10. The first-order valence-corrected chi connectivity index (χ1v) is 12.1. The standard InChI is InChI=1S/C20H27BrN4O3S/c1-4-28-14-19-23-18-13-22-17-12-15(21)8-9-16(17)20(18)25(19)10-6-5-7-11-29(26,27)24(2)3/h8-9,12-13H,4-7,10-11,14H2,1-3H3. The number of hydrogen-bond donors (Lipinski definition) is 0. The lowest BCUT2D eigenvalue weighted by atomic mass is 10.2. The normalized spacial score (nSPS) is 12.4. The van der Waals surface area contributed by atoms with Crippen LogP contribution < -0.4 is 0 Å². The SMILES string of the molecule is CCOCc1nc2cnc3cc(Br)ccc3c2n1CCCCCS(=O)(=O)N(C)C. The fourth-order valence-electron chi connectivity index (χ4n) is 3.29. The third kappa shape index (κ3) is 5.14. The van der Waals surface area contributed by atoms with Gasteiger partial charge in [0.05, 0.1) is 23.0 Å². The molecule has 0 aliphatic heterocycles. The lowest BCUT2D eigenvalue weighted by Gasteiger charge is -2.12. The predicted octanol–water partition coefficient (Wildman–Crippen LogP) is 3.95. The number of aryl methyl sites for hydroxylation is 1. The topological polar surface area (TPSA) is 77.3 Å². The summed E-state index contributed by atoms with van der Waals surface area (Å²) in [5.74, 6) is 1.05. The third-order valence-electron chi connectivity index (χ3n) is 4.89. The van der Waals surface area contributed by atoms with E-state index in [1.807, 2.05) is 19.1 Å². The van der Waals surface area contributed by atoms with Crippen molar-refractivity contribution in [3.8, 4) is 0 Å². The van der Waals surface area contributed by atoms with Gasteiger partial charge in [0.1, 0.15) is 17.9 Å². The molecule has 3 aromatic rings. The van der Waals surface area contributed by atoms with Crippen molar-refractivity contribution in [2.75, 3.05) is 26.5 Å². The second-order valence-electron chi connectivity index (χ2n) is 7.13. The Labute approximate surface area is 180 Å². The van der Waals surface area contributed by atoms with Gasteiger partial charge in [-0.1, -0.05) is 22.4 Å². The molecule has 2 aromatic heterocycles. The van der Waals surface area contributed by atoms with Crippen LogP contribution in [0.5, 0.6) is 0 Å². The Morgan fingerprint density at radius 3 is 2.69 bits per heavy atom. The van der Waals surface area contributed by atoms with Gasteiger partial charge < -0.3 is 9.30 Å². The van der Waals surface area contributed by atoms with Crippen LogP contribution in [-0.4, -0.2) is 53.7 Å². The first-order chi connectivity index (χ1) is 13.8. The zero-order chi connectivity index (χ0) is 21.0. The van der Waals surface area contributed by atoms with E-state index in [1.54, 1.807) is 20.3 Å². The molecule has 0 bridgehead atoms. The number of sulfonamides is 1. The van der Waals surface area contributed by atoms with Crippen LogP contribution in [0.15, 0.2) is 28.9 Å². The van der Waals surface area contributed by atoms with Crippen LogP contribution in [-0.2, 0) is 27.9 Å². The minimum Gasteiger partial charge on any atom is -0.374 e. The van der Waals surface area contributed by atoms with Crippen molar-refractivity contribution in [2.24, 2.45) is 0 Å². The highest BCUT2D eigenvalue weighted by Crippen LogP contribution is 2.27. The molecule has 0 aliphatic carbocycles. The van der Waals surface area contributed by atoms with Crippen molar-refractivity contribution in [3.63, 3.8) is 0 Å². The molecule has 0 aliphatic rings. The predicted molar refractivity (Wildman–Crippen MR) is 119 cm³/mol. The number of imidazole rings is 1. The van der Waals surface area contributed by atoms with E-state index in [1.165, 1.54) is 4.31 Å². The molecule has 9 heteroatoms. The number of rotatable bonds is 10. The van der Waals surface area contributed by atoms with Gasteiger partial charge in [0.25, 0.3) is 0 Å². The Morgan fingerprint density at radius 2 is 1.97 bits per heavy atom. The summed E-state index contributed by atoms with van der Waals surface area (Å²) in [7, 11) is 0.00902. The zero-order valence-corrected chi connectivity index (χ0v) is 19.5. The molecule has 7 nitrogen and oxygen atoms in total. The first-order valence-electron chi connectivity index (χ1n) is 9.75. The lowest BCUT2D eigenvalue weighted by molar-refractivity contribution is 0.126. The number of halogens is 1. The van der Waals surface area contributed by atoms with Crippen molar-refractivity contribution in [1.82, 2.24) is 18.8 Å². The molecule has 2 heterocycles. The van der Waals surface area contributed by atoms with Crippen molar-refractivity contribution in [1.29, 1.82) is 0 Å². The van der Waals surface area contributed by atoms with Crippen molar-refractivity contribution >= 4 is 47.9 Å². The van der Waals surface area contributed by atoms with E-state index in [-0.39, 0.29) is 5.75 Å². The van der Waals surface area contributed by atoms with E-state index < -0.39 is 10.0 Å². The second-order valence-corrected chi connectivity index (χ2v) is 10.3. The van der Waals surface area contributed by atoms with Gasteiger partial charge in [-0.25, -0.2) is 17.7 Å². The molecule has 0 saturated carbocycles. The lowest BCUT2D eigenvalue weighted by Crippen LogP contribution is -2.25. The minimum absolute atomic E-state index is 0.178. The van der Waals surface area contributed by atoms with Crippen LogP contribution in [0, 0.1) is 0 Å². The second kappa shape index (κ2) is 9.51. The minimum atomic E-state index is -3.14. The molecule has 0 fully saturated rings. The Kier molecular flexibility index (Phi) is 7.26. The van der Waals surface area contributed by atoms with Gasteiger partial charge >= 0.3 is 0 Å². The van der Waals surface area contributed by atoms with Crippen molar-refractivity contribution in [2.45, 2.75) is 39.3 Å². The summed E-state index contributed by atoms with van der Waals surface area (Å²) >= 11 is 3.50. The highest BCUT2D eigenvalue weighted by Gasteiger charge is 2.16. The Morgan fingerprint density at radius 1 is 1.17 bits per heavy atom. The molecule has 0 radical (unpaired) electrons. The van der Waals surface area contributed by atoms with Crippen LogP contribution in [0.25, 0.3) is 21.9 Å². The number of nitrogens with zero attached hydrogens (tertiary/aromatic N) is 4. The molecule has 0 unspecified atom stereocenters. The van der Waals surface area contributed by atoms with E-state index in [0.717, 1.165) is 51.6 Å². The van der Waals surface area contributed by atoms with Crippen LogP contribution in [0.4, 0.5) is 0 Å². The number of benzene rings is 1. The molecule has 29 heavy (non-hydrogen) atoms. The molecule has 0 atom stereocenters. The third-order valence-corrected chi connectivity index (χ3v) is 7.30. The zero-order valence-electron chi connectivity index (χ0n) is 17.1. The maximum Gasteiger partial charge on any atom is 0.213 e. The summed E-state index contributed by atoms with van der Waals surface area (Å²) in [6, 6.07) is 6.07. The van der Waals surface area contributed by atoms with Crippen LogP contribution in [0.2, 0.25) is 0 Å². The van der Waals surface area contributed by atoms with Gasteiger partial charge in [-0.3, -0.25) is 4.98 Å². The quantitative estimate of drug-likeness (QED) is 0.408. The smallest absolute Gasteiger partial charge is 0.213 e. The fraction of sp³-hybridized carbons (Fsp3) is 0.500. The Hall–Kier alpha value is -1.55. The van der Waals surface area contributed by atoms with Crippen molar-refractivity contribution < 1.29 is 13.2 Å². The first kappa shape index (κ1) is 22.1. The highest BCUT2D eigenvalue weighted by atomic mass is 79.9. The van der Waals surface area contributed by atoms with Gasteiger partial charge in [-0.15, -0.1) is 0 Å². The van der Waals surface area contributed by atoms with Crippen LogP contribution >= 0.6 is 15.9 Å². The average Bonchev–Trinajstić information content (AvgIpc) is 3.03. The molecule has 158 valence electrons. The largest absolute Gasteiger partial charge is 0.374 e. The maximum atomic E-state index is 11.9. The summed E-state index contributed by atoms with van der Waals surface area (Å²) in [6.07, 6.45) is 4.14. The van der Waals surface area contributed by atoms with E-state index in [0.29, 0.717) is 19.6 Å². The molecule has 3 rings (SSSR count). The molecule has 0 spiro atoms. The van der Waals surface area contributed by atoms with E-state index in [2.05, 4.69) is 31.5 Å². The summed E-state index contributed by atoms with van der Waals surface area (Å²) < 4.78 is 33.9. The number of aromatic nitrogens is 3. The molecule has 0 N–H and O–H groups in total. The molecule has 1 aromatic carbocycles. The number of hydrogen-bond acceptors (Lipinski definition) is 5. The average molecular weight is 483 g/mol. The number of ether oxygens (including phenoxy) is 1. The number of pyridine rings is 1. The number of fused-ring (bicyclic) bond motifs is 3. The van der Waals surface area contributed by atoms with E-state index in [9.17, 15) is 8.42 Å². The molecule has 0 amide bonds. The van der Waals surface area contributed by atoms with Gasteiger partial charge in [-0.05, 0) is 38.0 Å². The fourth-order valence-corrected chi connectivity index (χ4v) is 4.58. The maximum absolute atomic E-state index is 11.9. The summed E-state index contributed by atoms with van der Waals surface area (Å²) in [4.78, 5) is 9.29. The Balaban J connectivity index is 1.84. The number of unbranched alkanes of at least 4 members (excludes halogenated alkanes) is 2. The van der Waals surface area contributed by atoms with E-state index >= 15 is 0 Å². The molecular weight excluding hydrogens is 456 g/mol. The van der Waals surface area contributed by atoms with Gasteiger partial charge in [0.2, 0.25) is 10.0 Å². The summed E-state index contributed by atoms with van der Waals surface area (Å²) in [5, 5.41) is 1.05. The Bertz CT molecular complexity index is 1100. The van der Waals surface area contributed by atoms with Gasteiger partial charge in [0.15, 0.2) is 0 Å². The molecule has 0 saturated heterocycles. The van der Waals surface area contributed by atoms with Crippen LogP contribution in [0.3, 0.4) is 0 Å². The summed E-state index contributed by atoms with van der Waals surface area (Å²) in [6.45, 7) is 3.79. The van der Waals surface area contributed by atoms with Gasteiger partial charge in [-0.2, -0.15) is 0 Å². The van der Waals surface area contributed by atoms with Crippen LogP contribution in [0.1, 0.15) is 32.0 Å².